The molecular formula is C10H19BN2O3. The van der Waals surface area contributed by atoms with Crippen molar-refractivity contribution in [2.45, 2.75) is 38.9 Å². The molecule has 0 amide bonds. The van der Waals surface area contributed by atoms with Crippen molar-refractivity contribution >= 4 is 13.0 Å². The molecule has 0 unspecified atom stereocenters. The summed E-state index contributed by atoms with van der Waals surface area (Å²) in [5.74, 6) is -0.0407. The lowest BCUT2D eigenvalue weighted by Gasteiger charge is -2.32. The molecule has 1 aliphatic rings. The zero-order chi connectivity index (χ0) is 12.6. The summed E-state index contributed by atoms with van der Waals surface area (Å²) in [4.78, 5) is 0. The first-order valence-corrected chi connectivity index (χ1v) is 5.15. The first-order valence-electron chi connectivity index (χ1n) is 5.15. The minimum absolute atomic E-state index is 0.0407. The van der Waals surface area contributed by atoms with Crippen LogP contribution < -0.4 is 5.73 Å². The largest absolute Gasteiger partial charge is 0.501 e. The quantitative estimate of drug-likeness (QED) is 0.419. The van der Waals surface area contributed by atoms with Gasteiger partial charge in [-0.05, 0) is 33.9 Å². The molecule has 0 saturated carbocycles. The molecule has 0 aromatic carbocycles. The molecule has 0 bridgehead atoms. The van der Waals surface area contributed by atoms with E-state index in [0.29, 0.717) is 5.47 Å². The Balaban J connectivity index is 2.91. The van der Waals surface area contributed by atoms with E-state index in [1.807, 2.05) is 27.7 Å². The Morgan fingerprint density at radius 1 is 1.25 bits per heavy atom. The lowest BCUT2D eigenvalue weighted by atomic mass is 9.78. The minimum Gasteiger partial charge on any atom is -0.482 e. The smallest absolute Gasteiger partial charge is 0.482 e. The maximum absolute atomic E-state index is 7.59. The fourth-order valence-corrected chi connectivity index (χ4v) is 1.35. The molecule has 0 aliphatic carbocycles. The monoisotopic (exact) mass is 226 g/mol. The maximum Gasteiger partial charge on any atom is 0.501 e. The van der Waals surface area contributed by atoms with Gasteiger partial charge in [-0.15, -0.1) is 0 Å². The van der Waals surface area contributed by atoms with Gasteiger partial charge in [-0.25, -0.2) is 0 Å². The molecule has 0 radical (unpaired) electrons. The zero-order valence-electron chi connectivity index (χ0n) is 10.5. The number of hydrogen-bond donors (Lipinski definition) is 2. The maximum atomic E-state index is 7.59. The molecule has 6 heteroatoms. The van der Waals surface area contributed by atoms with Crippen molar-refractivity contribution in [2.24, 2.45) is 5.73 Å². The first-order chi connectivity index (χ1) is 7.25. The van der Waals surface area contributed by atoms with Crippen molar-refractivity contribution in [3.8, 4) is 0 Å². The fourth-order valence-electron chi connectivity index (χ4n) is 1.35. The van der Waals surface area contributed by atoms with Crippen LogP contribution in [0.5, 0.6) is 0 Å². The first kappa shape index (κ1) is 13.1. The summed E-state index contributed by atoms with van der Waals surface area (Å²) in [6, 6.07) is 0. The van der Waals surface area contributed by atoms with Crippen molar-refractivity contribution in [2.75, 3.05) is 7.11 Å². The molecule has 1 fully saturated rings. The van der Waals surface area contributed by atoms with Crippen LogP contribution in [0.25, 0.3) is 0 Å². The van der Waals surface area contributed by atoms with E-state index in [2.05, 4.69) is 0 Å². The third kappa shape index (κ3) is 2.08. The van der Waals surface area contributed by atoms with Crippen molar-refractivity contribution in [1.29, 1.82) is 5.41 Å². The predicted molar refractivity (Wildman–Crippen MR) is 63.1 cm³/mol. The second-order valence-electron chi connectivity index (χ2n) is 4.74. The lowest BCUT2D eigenvalue weighted by Crippen LogP contribution is -2.41. The Morgan fingerprint density at radius 2 is 1.69 bits per heavy atom. The molecular weight excluding hydrogens is 207 g/mol. The van der Waals surface area contributed by atoms with Crippen molar-refractivity contribution in [3.05, 3.63) is 11.7 Å². The zero-order valence-corrected chi connectivity index (χ0v) is 10.5. The van der Waals surface area contributed by atoms with Gasteiger partial charge in [0.1, 0.15) is 0 Å². The van der Waals surface area contributed by atoms with Crippen LogP contribution in [0.3, 0.4) is 0 Å². The van der Waals surface area contributed by atoms with Crippen LogP contribution in [0.4, 0.5) is 0 Å². The highest BCUT2D eigenvalue weighted by Gasteiger charge is 2.53. The van der Waals surface area contributed by atoms with Gasteiger partial charge >= 0.3 is 7.12 Å². The van der Waals surface area contributed by atoms with Crippen LogP contribution in [-0.4, -0.2) is 31.3 Å². The van der Waals surface area contributed by atoms with E-state index < -0.39 is 18.3 Å². The summed E-state index contributed by atoms with van der Waals surface area (Å²) in [6.45, 7) is 7.77. The van der Waals surface area contributed by atoms with Gasteiger partial charge in [-0.1, -0.05) is 0 Å². The average molecular weight is 226 g/mol. The Hall–Kier alpha value is -1.01. The number of rotatable bonds is 2. The molecule has 3 N–H and O–H groups in total. The number of ether oxygens (including phenoxy) is 1. The summed E-state index contributed by atoms with van der Waals surface area (Å²) in [5.41, 5.74) is 4.98. The third-order valence-electron chi connectivity index (χ3n) is 3.15. The molecule has 1 rings (SSSR count). The van der Waals surface area contributed by atoms with Crippen LogP contribution in [-0.2, 0) is 14.0 Å². The van der Waals surface area contributed by atoms with Crippen LogP contribution >= 0.6 is 0 Å². The standard InChI is InChI=1S/C10H19BN2O3/c1-9(2)10(3,4)16-11(15-9)7(6-12)8(13)14-5/h6,13H,12H2,1-5H3/b7-6+,13-8?. The van der Waals surface area contributed by atoms with Gasteiger partial charge in [0.25, 0.3) is 0 Å². The number of hydrogen-bond acceptors (Lipinski definition) is 5. The highest BCUT2D eigenvalue weighted by Crippen LogP contribution is 2.38. The van der Waals surface area contributed by atoms with Gasteiger partial charge in [0.15, 0.2) is 0 Å². The van der Waals surface area contributed by atoms with E-state index in [9.17, 15) is 0 Å². The molecule has 0 atom stereocenters. The molecule has 16 heavy (non-hydrogen) atoms. The van der Waals surface area contributed by atoms with Crippen LogP contribution in [0, 0.1) is 5.41 Å². The summed E-state index contributed by atoms with van der Waals surface area (Å²) >= 11 is 0. The van der Waals surface area contributed by atoms with Gasteiger partial charge < -0.3 is 19.8 Å². The van der Waals surface area contributed by atoms with Crippen molar-refractivity contribution in [3.63, 3.8) is 0 Å². The number of nitrogens with two attached hydrogens (primary N) is 1. The minimum atomic E-state index is -0.651. The SMILES string of the molecule is COC(=N)/C(=C\N)B1OC(C)(C)C(C)(C)O1. The highest BCUT2D eigenvalue weighted by molar-refractivity contribution is 6.61. The normalized spacial score (nSPS) is 23.3. The van der Waals surface area contributed by atoms with Gasteiger partial charge in [0.05, 0.1) is 23.8 Å². The van der Waals surface area contributed by atoms with E-state index in [-0.39, 0.29) is 5.90 Å². The third-order valence-corrected chi connectivity index (χ3v) is 3.15. The topological polar surface area (TPSA) is 77.6 Å². The average Bonchev–Trinajstić information content (AvgIpc) is 2.36. The molecule has 0 aromatic rings. The van der Waals surface area contributed by atoms with E-state index in [1.54, 1.807) is 0 Å². The van der Waals surface area contributed by atoms with E-state index in [4.69, 9.17) is 25.2 Å². The second-order valence-corrected chi connectivity index (χ2v) is 4.74. The van der Waals surface area contributed by atoms with Gasteiger partial charge in [0.2, 0.25) is 5.90 Å². The molecule has 0 spiro atoms. The summed E-state index contributed by atoms with van der Waals surface area (Å²) < 4.78 is 16.3. The van der Waals surface area contributed by atoms with E-state index in [1.165, 1.54) is 13.3 Å². The Bertz CT molecular complexity index is 310. The highest BCUT2D eigenvalue weighted by atomic mass is 16.7. The Labute approximate surface area is 96.6 Å². The summed E-state index contributed by atoms with van der Waals surface area (Å²) in [7, 11) is 0.763. The van der Waals surface area contributed by atoms with Crippen molar-refractivity contribution in [1.82, 2.24) is 0 Å². The van der Waals surface area contributed by atoms with Gasteiger partial charge in [-0.3, -0.25) is 5.41 Å². The molecule has 1 aliphatic heterocycles. The fraction of sp³-hybridized carbons (Fsp3) is 0.700. The van der Waals surface area contributed by atoms with Crippen molar-refractivity contribution < 1.29 is 14.0 Å². The number of nitrogens with one attached hydrogen (secondary N) is 1. The van der Waals surface area contributed by atoms with Crippen LogP contribution in [0.1, 0.15) is 27.7 Å². The van der Waals surface area contributed by atoms with E-state index in [0.717, 1.165) is 0 Å². The summed E-state index contributed by atoms with van der Waals surface area (Å²) in [5, 5.41) is 7.59. The molecule has 1 heterocycles. The molecule has 1 saturated heterocycles. The van der Waals surface area contributed by atoms with E-state index >= 15 is 0 Å². The molecule has 5 nitrogen and oxygen atoms in total. The summed E-state index contributed by atoms with van der Waals surface area (Å²) in [6.07, 6.45) is 1.29. The van der Waals surface area contributed by atoms with Gasteiger partial charge in [0, 0.05) is 0 Å². The Kier molecular flexibility index (Phi) is 3.35. The molecule has 90 valence electrons. The molecule has 0 aromatic heterocycles. The van der Waals surface area contributed by atoms with Crippen LogP contribution in [0.2, 0.25) is 0 Å². The lowest BCUT2D eigenvalue weighted by molar-refractivity contribution is 0.00578. The van der Waals surface area contributed by atoms with Gasteiger partial charge in [-0.2, -0.15) is 0 Å². The Morgan fingerprint density at radius 3 is 2.00 bits per heavy atom. The predicted octanol–water partition coefficient (Wildman–Crippen LogP) is 1.08. The number of methoxy groups -OCH3 is 1. The van der Waals surface area contributed by atoms with Crippen LogP contribution in [0.15, 0.2) is 11.7 Å². The second kappa shape index (κ2) is 4.10.